The number of nitriles is 1. The Labute approximate surface area is 173 Å². The van der Waals surface area contributed by atoms with Gasteiger partial charge in [0.05, 0.1) is 24.4 Å². The molecule has 2 N–H and O–H groups in total. The minimum Gasteiger partial charge on any atom is -0.489 e. The summed E-state index contributed by atoms with van der Waals surface area (Å²) in [4.78, 5) is 11.8. The summed E-state index contributed by atoms with van der Waals surface area (Å²) in [5, 5.41) is 15.9. The molecule has 0 fully saturated rings. The van der Waals surface area contributed by atoms with Crippen LogP contribution in [0, 0.1) is 17.1 Å². The van der Waals surface area contributed by atoms with E-state index in [9.17, 15) is 9.18 Å². The van der Waals surface area contributed by atoms with Gasteiger partial charge >= 0.3 is 0 Å². The van der Waals surface area contributed by atoms with E-state index in [0.29, 0.717) is 23.6 Å². The number of benzene rings is 3. The first-order valence-electron chi connectivity index (χ1n) is 9.16. The Morgan fingerprint density at radius 3 is 2.53 bits per heavy atom. The third-order valence-electron chi connectivity index (χ3n) is 4.11. The van der Waals surface area contributed by atoms with Crippen molar-refractivity contribution >= 4 is 17.8 Å². The summed E-state index contributed by atoms with van der Waals surface area (Å²) in [7, 11) is 0. The number of ether oxygens (including phenoxy) is 1. The van der Waals surface area contributed by atoms with Gasteiger partial charge in [0.2, 0.25) is 0 Å². The van der Waals surface area contributed by atoms with Gasteiger partial charge in [0, 0.05) is 11.3 Å². The predicted octanol–water partition coefficient (Wildman–Crippen LogP) is 3.84. The maximum atomic E-state index is 12.8. The molecule has 150 valence electrons. The summed E-state index contributed by atoms with van der Waals surface area (Å²) in [6.07, 6.45) is 1.52. The van der Waals surface area contributed by atoms with Gasteiger partial charge in [-0.15, -0.1) is 0 Å². The lowest BCUT2D eigenvalue weighted by molar-refractivity contribution is -0.119. The highest BCUT2D eigenvalue weighted by Crippen LogP contribution is 2.15. The Morgan fingerprint density at radius 1 is 1.07 bits per heavy atom. The van der Waals surface area contributed by atoms with Crippen molar-refractivity contribution in [2.75, 3.05) is 11.9 Å². The summed E-state index contributed by atoms with van der Waals surface area (Å²) < 4.78 is 18.6. The minimum atomic E-state index is -0.335. The lowest BCUT2D eigenvalue weighted by Crippen LogP contribution is -2.25. The molecule has 0 heterocycles. The second kappa shape index (κ2) is 10.4. The number of halogens is 1. The predicted molar refractivity (Wildman–Crippen MR) is 113 cm³/mol. The van der Waals surface area contributed by atoms with Gasteiger partial charge in [0.15, 0.2) is 0 Å². The van der Waals surface area contributed by atoms with Crippen molar-refractivity contribution in [1.29, 1.82) is 5.26 Å². The van der Waals surface area contributed by atoms with E-state index in [2.05, 4.69) is 21.9 Å². The monoisotopic (exact) mass is 402 g/mol. The van der Waals surface area contributed by atoms with Crippen LogP contribution < -0.4 is 15.5 Å². The van der Waals surface area contributed by atoms with Crippen LogP contribution in [0.25, 0.3) is 0 Å². The van der Waals surface area contributed by atoms with Crippen molar-refractivity contribution in [3.8, 4) is 11.8 Å². The zero-order valence-electron chi connectivity index (χ0n) is 16.0. The molecule has 0 aliphatic rings. The van der Waals surface area contributed by atoms with Gasteiger partial charge in [-0.25, -0.2) is 9.82 Å². The standard InChI is InChI=1S/C23H19FN4O2/c24-20-7-9-21(10-8-20)26-15-23(29)28-27-14-17-5-11-22(12-6-17)30-16-19-4-2-1-3-18(19)13-25/h1-12,14,26H,15-16H2,(H,28,29)/b27-14-. The summed E-state index contributed by atoms with van der Waals surface area (Å²) in [5.41, 5.74) is 5.26. The number of amides is 1. The van der Waals surface area contributed by atoms with E-state index in [4.69, 9.17) is 10.00 Å². The summed E-state index contributed by atoms with van der Waals surface area (Å²) in [5.74, 6) is -0.00267. The molecule has 0 aliphatic carbocycles. The first-order valence-corrected chi connectivity index (χ1v) is 9.16. The molecule has 0 aromatic heterocycles. The van der Waals surface area contributed by atoms with E-state index in [-0.39, 0.29) is 18.3 Å². The zero-order chi connectivity index (χ0) is 21.2. The molecule has 0 saturated heterocycles. The van der Waals surface area contributed by atoms with Crippen molar-refractivity contribution in [2.45, 2.75) is 6.61 Å². The van der Waals surface area contributed by atoms with E-state index in [1.165, 1.54) is 18.3 Å². The van der Waals surface area contributed by atoms with Gasteiger partial charge in [-0.2, -0.15) is 10.4 Å². The first kappa shape index (κ1) is 20.6. The van der Waals surface area contributed by atoms with Gasteiger partial charge in [-0.3, -0.25) is 4.79 Å². The van der Waals surface area contributed by atoms with Crippen molar-refractivity contribution in [3.63, 3.8) is 0 Å². The normalized spacial score (nSPS) is 10.4. The highest BCUT2D eigenvalue weighted by Gasteiger charge is 2.02. The molecule has 0 radical (unpaired) electrons. The molecule has 0 spiro atoms. The Bertz CT molecular complexity index is 1060. The molecule has 0 bridgehead atoms. The zero-order valence-corrected chi connectivity index (χ0v) is 16.0. The Balaban J connectivity index is 1.44. The van der Waals surface area contributed by atoms with E-state index in [0.717, 1.165) is 11.1 Å². The number of anilines is 1. The van der Waals surface area contributed by atoms with Gasteiger partial charge < -0.3 is 10.1 Å². The maximum Gasteiger partial charge on any atom is 0.259 e. The Hall–Kier alpha value is -4.18. The molecule has 6 nitrogen and oxygen atoms in total. The quantitative estimate of drug-likeness (QED) is 0.443. The number of hydrogen-bond acceptors (Lipinski definition) is 5. The molecule has 1 amide bonds. The average molecular weight is 402 g/mol. The van der Waals surface area contributed by atoms with Crippen LogP contribution in [-0.2, 0) is 11.4 Å². The number of nitrogens with one attached hydrogen (secondary N) is 2. The fraction of sp³-hybridized carbons (Fsp3) is 0.0870. The largest absolute Gasteiger partial charge is 0.489 e. The number of nitrogens with zero attached hydrogens (tertiary/aromatic N) is 2. The van der Waals surface area contributed by atoms with Crippen molar-refractivity contribution in [3.05, 3.63) is 95.3 Å². The number of hydrogen-bond donors (Lipinski definition) is 2. The van der Waals surface area contributed by atoms with Gasteiger partial charge in [0.25, 0.3) is 5.91 Å². The topological polar surface area (TPSA) is 86.5 Å². The smallest absolute Gasteiger partial charge is 0.259 e. The van der Waals surface area contributed by atoms with E-state index >= 15 is 0 Å². The molecule has 30 heavy (non-hydrogen) atoms. The average Bonchev–Trinajstić information content (AvgIpc) is 2.78. The molecule has 0 unspecified atom stereocenters. The van der Waals surface area contributed by atoms with Gasteiger partial charge in [-0.05, 0) is 60.2 Å². The van der Waals surface area contributed by atoms with Crippen LogP contribution in [0.2, 0.25) is 0 Å². The van der Waals surface area contributed by atoms with Gasteiger partial charge in [0.1, 0.15) is 18.2 Å². The second-order valence-corrected chi connectivity index (χ2v) is 6.28. The Kier molecular flexibility index (Phi) is 7.12. The number of hydrazone groups is 1. The second-order valence-electron chi connectivity index (χ2n) is 6.28. The molecule has 7 heteroatoms. The molecule has 3 rings (SSSR count). The maximum absolute atomic E-state index is 12.8. The molecular weight excluding hydrogens is 383 g/mol. The third kappa shape index (κ3) is 6.17. The lowest BCUT2D eigenvalue weighted by atomic mass is 10.1. The third-order valence-corrected chi connectivity index (χ3v) is 4.11. The van der Waals surface area contributed by atoms with Crippen molar-refractivity contribution in [2.24, 2.45) is 5.10 Å². The summed E-state index contributed by atoms with van der Waals surface area (Å²) in [6.45, 7) is 0.314. The number of carbonyl (C=O) groups excluding carboxylic acids is 1. The summed E-state index contributed by atoms with van der Waals surface area (Å²) in [6, 6.07) is 22.3. The molecule has 0 atom stereocenters. The summed E-state index contributed by atoms with van der Waals surface area (Å²) >= 11 is 0. The van der Waals surface area contributed by atoms with Crippen LogP contribution in [-0.4, -0.2) is 18.7 Å². The van der Waals surface area contributed by atoms with Crippen LogP contribution in [0.1, 0.15) is 16.7 Å². The molecular formula is C23H19FN4O2. The van der Waals surface area contributed by atoms with Crippen molar-refractivity contribution < 1.29 is 13.9 Å². The molecule has 0 saturated carbocycles. The van der Waals surface area contributed by atoms with Crippen molar-refractivity contribution in [1.82, 2.24) is 5.43 Å². The van der Waals surface area contributed by atoms with Gasteiger partial charge in [-0.1, -0.05) is 18.2 Å². The van der Waals surface area contributed by atoms with Crippen LogP contribution in [0.3, 0.4) is 0 Å². The van der Waals surface area contributed by atoms with Crippen LogP contribution in [0.5, 0.6) is 5.75 Å². The fourth-order valence-electron chi connectivity index (χ4n) is 2.53. The van der Waals surface area contributed by atoms with E-state index in [1.54, 1.807) is 42.5 Å². The van der Waals surface area contributed by atoms with Crippen LogP contribution in [0.4, 0.5) is 10.1 Å². The first-order chi connectivity index (χ1) is 14.6. The molecule has 0 aliphatic heterocycles. The number of rotatable bonds is 8. The highest BCUT2D eigenvalue weighted by molar-refractivity contribution is 5.84. The SMILES string of the molecule is N#Cc1ccccc1COc1ccc(/C=N\NC(=O)CNc2ccc(F)cc2)cc1. The molecule has 3 aromatic carbocycles. The van der Waals surface area contributed by atoms with E-state index < -0.39 is 0 Å². The highest BCUT2D eigenvalue weighted by atomic mass is 19.1. The van der Waals surface area contributed by atoms with Crippen LogP contribution in [0.15, 0.2) is 77.9 Å². The van der Waals surface area contributed by atoms with Crippen LogP contribution >= 0.6 is 0 Å². The van der Waals surface area contributed by atoms with E-state index in [1.807, 2.05) is 18.2 Å². The molecule has 3 aromatic rings. The fourth-order valence-corrected chi connectivity index (χ4v) is 2.53. The Morgan fingerprint density at radius 2 is 1.80 bits per heavy atom. The minimum absolute atomic E-state index is 0.0138. The lowest BCUT2D eigenvalue weighted by Gasteiger charge is -2.07. The number of carbonyl (C=O) groups is 1.